The van der Waals surface area contributed by atoms with Gasteiger partial charge in [-0.1, -0.05) is 11.8 Å². The quantitative estimate of drug-likeness (QED) is 0.785. The van der Waals surface area contributed by atoms with Crippen LogP contribution in [0.25, 0.3) is 0 Å². The van der Waals surface area contributed by atoms with Crippen molar-refractivity contribution in [1.29, 1.82) is 0 Å². The van der Waals surface area contributed by atoms with Gasteiger partial charge in [0.15, 0.2) is 0 Å². The van der Waals surface area contributed by atoms with Crippen molar-refractivity contribution in [3.05, 3.63) is 29.6 Å². The molecule has 1 amide bonds. The van der Waals surface area contributed by atoms with E-state index in [4.69, 9.17) is 9.84 Å². The van der Waals surface area contributed by atoms with Crippen LogP contribution in [0.5, 0.6) is 0 Å². The maximum Gasteiger partial charge on any atom is 0.272 e. The fourth-order valence-electron chi connectivity index (χ4n) is 2.51. The summed E-state index contributed by atoms with van der Waals surface area (Å²) in [5.74, 6) is 5.20. The standard InChI is InChI=1S/C16H20N2O3/c1-12-10-18(11-16(2,3)21-12)15(20)14-7-6-13(9-17-14)5-4-8-19/h6-7,9,12,19H,8,10-11H2,1-3H3. The minimum Gasteiger partial charge on any atom is -0.384 e. The molecule has 5 heteroatoms. The van der Waals surface area contributed by atoms with E-state index in [2.05, 4.69) is 16.8 Å². The summed E-state index contributed by atoms with van der Waals surface area (Å²) < 4.78 is 5.80. The highest BCUT2D eigenvalue weighted by atomic mass is 16.5. The Morgan fingerprint density at radius 1 is 1.57 bits per heavy atom. The highest BCUT2D eigenvalue weighted by molar-refractivity contribution is 5.92. The maximum atomic E-state index is 12.5. The van der Waals surface area contributed by atoms with Crippen LogP contribution in [-0.4, -0.2) is 52.3 Å². The lowest BCUT2D eigenvalue weighted by atomic mass is 10.1. The lowest BCUT2D eigenvalue weighted by Gasteiger charge is -2.41. The molecule has 5 nitrogen and oxygen atoms in total. The van der Waals surface area contributed by atoms with E-state index >= 15 is 0 Å². The Hall–Kier alpha value is -1.90. The van der Waals surface area contributed by atoms with Gasteiger partial charge in [-0.2, -0.15) is 0 Å². The number of hydrogen-bond donors (Lipinski definition) is 1. The van der Waals surface area contributed by atoms with Crippen LogP contribution in [0.3, 0.4) is 0 Å². The van der Waals surface area contributed by atoms with E-state index in [-0.39, 0.29) is 24.2 Å². The van der Waals surface area contributed by atoms with Crippen molar-refractivity contribution >= 4 is 5.91 Å². The van der Waals surface area contributed by atoms with E-state index in [1.54, 1.807) is 23.2 Å². The molecule has 21 heavy (non-hydrogen) atoms. The van der Waals surface area contributed by atoms with Crippen molar-refractivity contribution < 1.29 is 14.6 Å². The van der Waals surface area contributed by atoms with Gasteiger partial charge in [-0.25, -0.2) is 4.98 Å². The molecule has 2 rings (SSSR count). The molecule has 1 N–H and O–H groups in total. The molecule has 0 aromatic carbocycles. The minimum absolute atomic E-state index is 0.00685. The Labute approximate surface area is 124 Å². The van der Waals surface area contributed by atoms with Gasteiger partial charge in [-0.3, -0.25) is 4.79 Å². The van der Waals surface area contributed by atoms with Crippen molar-refractivity contribution in [1.82, 2.24) is 9.88 Å². The first-order chi connectivity index (χ1) is 9.91. The number of carbonyl (C=O) groups excluding carboxylic acids is 1. The van der Waals surface area contributed by atoms with Crippen LogP contribution in [0.15, 0.2) is 18.3 Å². The van der Waals surface area contributed by atoms with Crippen LogP contribution < -0.4 is 0 Å². The summed E-state index contributed by atoms with van der Waals surface area (Å²) in [5.41, 5.74) is 0.727. The molecule has 1 saturated heterocycles. The molecular weight excluding hydrogens is 268 g/mol. The third kappa shape index (κ3) is 4.03. The number of aromatic nitrogens is 1. The Morgan fingerprint density at radius 3 is 2.90 bits per heavy atom. The van der Waals surface area contributed by atoms with Crippen LogP contribution in [0.4, 0.5) is 0 Å². The van der Waals surface area contributed by atoms with Gasteiger partial charge in [0.05, 0.1) is 11.7 Å². The Balaban J connectivity index is 2.12. The average Bonchev–Trinajstić information content (AvgIpc) is 2.42. The Morgan fingerprint density at radius 2 is 2.33 bits per heavy atom. The second kappa shape index (κ2) is 6.25. The van der Waals surface area contributed by atoms with Crippen molar-refractivity contribution in [2.45, 2.75) is 32.5 Å². The van der Waals surface area contributed by atoms with Gasteiger partial charge in [0, 0.05) is 24.8 Å². The van der Waals surface area contributed by atoms with Crippen LogP contribution in [0.2, 0.25) is 0 Å². The molecule has 1 fully saturated rings. The summed E-state index contributed by atoms with van der Waals surface area (Å²) >= 11 is 0. The van der Waals surface area contributed by atoms with Crippen LogP contribution in [0, 0.1) is 11.8 Å². The number of nitrogens with zero attached hydrogens (tertiary/aromatic N) is 2. The summed E-state index contributed by atoms with van der Waals surface area (Å²) in [6, 6.07) is 3.40. The molecule has 0 saturated carbocycles. The normalized spacial score (nSPS) is 20.6. The average molecular weight is 288 g/mol. The SMILES string of the molecule is CC1CN(C(=O)c2ccc(C#CCO)cn2)CC(C)(C)O1. The van der Waals surface area contributed by atoms with E-state index in [0.717, 1.165) is 0 Å². The Kier molecular flexibility index (Phi) is 4.61. The predicted molar refractivity (Wildman–Crippen MR) is 78.7 cm³/mol. The first-order valence-corrected chi connectivity index (χ1v) is 6.94. The van der Waals surface area contributed by atoms with Crippen LogP contribution >= 0.6 is 0 Å². The number of morpholine rings is 1. The fourth-order valence-corrected chi connectivity index (χ4v) is 2.51. The van der Waals surface area contributed by atoms with Crippen molar-refractivity contribution in [2.75, 3.05) is 19.7 Å². The molecule has 1 aromatic heterocycles. The zero-order valence-electron chi connectivity index (χ0n) is 12.6. The highest BCUT2D eigenvalue weighted by Gasteiger charge is 2.34. The number of rotatable bonds is 1. The van der Waals surface area contributed by atoms with Gasteiger partial charge < -0.3 is 14.7 Å². The smallest absolute Gasteiger partial charge is 0.272 e. The number of hydrogen-bond acceptors (Lipinski definition) is 4. The summed E-state index contributed by atoms with van der Waals surface area (Å²) in [4.78, 5) is 18.4. The number of aliphatic hydroxyl groups is 1. The van der Waals surface area contributed by atoms with E-state index in [0.29, 0.717) is 24.3 Å². The van der Waals surface area contributed by atoms with E-state index in [1.165, 1.54) is 0 Å². The molecule has 112 valence electrons. The number of pyridine rings is 1. The molecule has 0 aliphatic carbocycles. The van der Waals surface area contributed by atoms with Gasteiger partial charge in [0.2, 0.25) is 0 Å². The molecule has 1 atom stereocenters. The molecule has 0 bridgehead atoms. The second-order valence-electron chi connectivity index (χ2n) is 5.77. The molecule has 0 radical (unpaired) electrons. The third-order valence-electron chi connectivity index (χ3n) is 3.15. The highest BCUT2D eigenvalue weighted by Crippen LogP contribution is 2.21. The monoisotopic (exact) mass is 288 g/mol. The van der Waals surface area contributed by atoms with Crippen molar-refractivity contribution in [2.24, 2.45) is 0 Å². The van der Waals surface area contributed by atoms with Gasteiger partial charge in [0.25, 0.3) is 5.91 Å². The maximum absolute atomic E-state index is 12.5. The van der Waals surface area contributed by atoms with E-state index in [1.807, 2.05) is 20.8 Å². The second-order valence-corrected chi connectivity index (χ2v) is 5.77. The first-order valence-electron chi connectivity index (χ1n) is 6.94. The summed E-state index contributed by atoms with van der Waals surface area (Å²) in [6.07, 6.45) is 1.55. The van der Waals surface area contributed by atoms with Gasteiger partial charge in [-0.05, 0) is 32.9 Å². The zero-order chi connectivity index (χ0) is 15.5. The third-order valence-corrected chi connectivity index (χ3v) is 3.15. The topological polar surface area (TPSA) is 62.7 Å². The predicted octanol–water partition coefficient (Wildman–Crippen LogP) is 1.06. The molecule has 1 aromatic rings. The van der Waals surface area contributed by atoms with Gasteiger partial charge >= 0.3 is 0 Å². The van der Waals surface area contributed by atoms with Gasteiger partial charge in [-0.15, -0.1) is 0 Å². The summed E-state index contributed by atoms with van der Waals surface area (Å²) in [5, 5.41) is 8.65. The molecule has 1 aliphatic heterocycles. The summed E-state index contributed by atoms with van der Waals surface area (Å²) in [6.45, 7) is 6.83. The molecule has 1 aliphatic rings. The fraction of sp³-hybridized carbons (Fsp3) is 0.500. The van der Waals surface area contributed by atoms with E-state index in [9.17, 15) is 4.79 Å². The zero-order valence-corrected chi connectivity index (χ0v) is 12.6. The van der Waals surface area contributed by atoms with Crippen molar-refractivity contribution in [3.8, 4) is 11.8 Å². The summed E-state index contributed by atoms with van der Waals surface area (Å²) in [7, 11) is 0. The Bertz CT molecular complexity index is 569. The largest absolute Gasteiger partial charge is 0.384 e. The minimum atomic E-state index is -0.347. The van der Waals surface area contributed by atoms with Crippen molar-refractivity contribution in [3.63, 3.8) is 0 Å². The number of ether oxygens (including phenoxy) is 1. The first kappa shape index (κ1) is 15.5. The van der Waals surface area contributed by atoms with Gasteiger partial charge in [0.1, 0.15) is 12.3 Å². The molecule has 0 spiro atoms. The number of aliphatic hydroxyl groups excluding tert-OH is 1. The lowest BCUT2D eigenvalue weighted by molar-refractivity contribution is -0.118. The molecule has 1 unspecified atom stereocenters. The van der Waals surface area contributed by atoms with Crippen LogP contribution in [0.1, 0.15) is 36.8 Å². The molecular formula is C16H20N2O3. The lowest BCUT2D eigenvalue weighted by Crippen LogP contribution is -2.53. The van der Waals surface area contributed by atoms with E-state index < -0.39 is 0 Å². The number of amides is 1. The molecule has 2 heterocycles. The van der Waals surface area contributed by atoms with Crippen LogP contribution in [-0.2, 0) is 4.74 Å². The number of carbonyl (C=O) groups is 1.